The molecule has 1 unspecified atom stereocenters. The van der Waals surface area contributed by atoms with Crippen LogP contribution < -0.4 is 5.32 Å². The van der Waals surface area contributed by atoms with Crippen LogP contribution in [0.25, 0.3) is 0 Å². The van der Waals surface area contributed by atoms with E-state index >= 15 is 0 Å². The molecule has 1 N–H and O–H groups in total. The van der Waals surface area contributed by atoms with E-state index in [1.54, 1.807) is 6.20 Å². The number of rotatable bonds is 1. The molecule has 0 saturated carbocycles. The summed E-state index contributed by atoms with van der Waals surface area (Å²) in [4.78, 5) is 15.2. The van der Waals surface area contributed by atoms with Gasteiger partial charge in [0.15, 0.2) is 0 Å². The minimum atomic E-state index is -0.131. The summed E-state index contributed by atoms with van der Waals surface area (Å²) in [5, 5.41) is 2.81. The normalized spacial score (nSPS) is 21.8. The van der Waals surface area contributed by atoms with Crippen LogP contribution in [0.4, 0.5) is 0 Å². The van der Waals surface area contributed by atoms with Crippen LogP contribution in [0.2, 0.25) is 0 Å². The summed E-state index contributed by atoms with van der Waals surface area (Å²) < 4.78 is 6.07. The monoisotopic (exact) mass is 256 g/mol. The molecule has 2 heterocycles. The Morgan fingerprint density at radius 1 is 1.64 bits per heavy atom. The molecule has 0 spiro atoms. The van der Waals surface area contributed by atoms with E-state index in [1.165, 1.54) is 0 Å². The van der Waals surface area contributed by atoms with Crippen molar-refractivity contribution in [3.05, 3.63) is 28.5 Å². The number of ether oxygens (including phenoxy) is 1. The Kier molecular flexibility index (Phi) is 2.79. The zero-order valence-electron chi connectivity index (χ0n) is 7.37. The molecule has 74 valence electrons. The van der Waals surface area contributed by atoms with Gasteiger partial charge < -0.3 is 10.1 Å². The number of amides is 1. The predicted octanol–water partition coefficient (Wildman–Crippen LogP) is 1.03. The van der Waals surface area contributed by atoms with Gasteiger partial charge in [0.25, 0.3) is 0 Å². The van der Waals surface area contributed by atoms with E-state index in [9.17, 15) is 4.79 Å². The van der Waals surface area contributed by atoms with Gasteiger partial charge in [0.2, 0.25) is 5.91 Å². The van der Waals surface area contributed by atoms with Crippen LogP contribution in [0.15, 0.2) is 22.8 Å². The van der Waals surface area contributed by atoms with E-state index in [0.29, 0.717) is 6.61 Å². The molecule has 1 fully saturated rings. The smallest absolute Gasteiger partial charge is 0.246 e. The van der Waals surface area contributed by atoms with Gasteiger partial charge in [-0.25, -0.2) is 0 Å². The van der Waals surface area contributed by atoms with Gasteiger partial charge in [-0.3, -0.25) is 9.78 Å². The van der Waals surface area contributed by atoms with Crippen molar-refractivity contribution in [2.24, 2.45) is 0 Å². The highest BCUT2D eigenvalue weighted by molar-refractivity contribution is 9.10. The lowest BCUT2D eigenvalue weighted by molar-refractivity contribution is -0.131. The van der Waals surface area contributed by atoms with Crippen molar-refractivity contribution in [3.8, 4) is 0 Å². The quantitative estimate of drug-likeness (QED) is 0.817. The lowest BCUT2D eigenvalue weighted by atomic mass is 10.2. The van der Waals surface area contributed by atoms with E-state index in [1.807, 2.05) is 12.1 Å². The van der Waals surface area contributed by atoms with Crippen LogP contribution in [0.3, 0.4) is 0 Å². The Balaban J connectivity index is 2.17. The molecular formula is C9H9BrN2O2. The number of aromatic nitrogens is 1. The highest BCUT2D eigenvalue weighted by atomic mass is 79.9. The molecule has 1 aromatic heterocycles. The van der Waals surface area contributed by atoms with Gasteiger partial charge in [-0.2, -0.15) is 0 Å². The minimum Gasteiger partial charge on any atom is -0.369 e. The third-order valence-electron chi connectivity index (χ3n) is 1.95. The van der Waals surface area contributed by atoms with Crippen molar-refractivity contribution in [2.45, 2.75) is 6.04 Å². The summed E-state index contributed by atoms with van der Waals surface area (Å²) in [7, 11) is 0. The molecule has 0 aliphatic carbocycles. The van der Waals surface area contributed by atoms with Crippen molar-refractivity contribution in [1.29, 1.82) is 0 Å². The summed E-state index contributed by atoms with van der Waals surface area (Å²) in [6.07, 6.45) is 1.69. The first-order chi connectivity index (χ1) is 6.75. The molecule has 5 heteroatoms. The van der Waals surface area contributed by atoms with Gasteiger partial charge >= 0.3 is 0 Å². The summed E-state index contributed by atoms with van der Waals surface area (Å²) in [6.45, 7) is 0.625. The van der Waals surface area contributed by atoms with Gasteiger partial charge in [0.05, 0.1) is 18.3 Å². The predicted molar refractivity (Wildman–Crippen MR) is 53.6 cm³/mol. The number of carbonyl (C=O) groups is 1. The number of carbonyl (C=O) groups excluding carboxylic acids is 1. The van der Waals surface area contributed by atoms with Crippen molar-refractivity contribution < 1.29 is 9.53 Å². The number of nitrogens with zero attached hydrogens (tertiary/aromatic N) is 1. The molecule has 1 aliphatic heterocycles. The lowest BCUT2D eigenvalue weighted by Gasteiger charge is -2.22. The van der Waals surface area contributed by atoms with E-state index in [2.05, 4.69) is 26.2 Å². The molecule has 1 saturated heterocycles. The van der Waals surface area contributed by atoms with Crippen LogP contribution in [0, 0.1) is 0 Å². The van der Waals surface area contributed by atoms with Crippen molar-refractivity contribution in [2.75, 3.05) is 13.2 Å². The number of hydrogen-bond donors (Lipinski definition) is 1. The Labute approximate surface area is 89.8 Å². The molecule has 1 amide bonds. The maximum absolute atomic E-state index is 11.1. The van der Waals surface area contributed by atoms with Gasteiger partial charge in [0.1, 0.15) is 6.61 Å². The fraction of sp³-hybridized carbons (Fsp3) is 0.333. The standard InChI is InChI=1S/C9H9BrN2O2/c10-6-1-2-11-7(3-6)8-4-14-5-9(13)12-8/h1-3,8H,4-5H2,(H,12,13). The van der Waals surface area contributed by atoms with Gasteiger partial charge in [-0.1, -0.05) is 15.9 Å². The maximum atomic E-state index is 11.1. The Bertz CT molecular complexity index is 356. The summed E-state index contributed by atoms with van der Waals surface area (Å²) >= 11 is 3.35. The van der Waals surface area contributed by atoms with E-state index in [4.69, 9.17) is 4.74 Å². The maximum Gasteiger partial charge on any atom is 0.246 e. The van der Waals surface area contributed by atoms with Crippen molar-refractivity contribution in [1.82, 2.24) is 10.3 Å². The van der Waals surface area contributed by atoms with E-state index in [0.717, 1.165) is 10.2 Å². The first-order valence-corrected chi connectivity index (χ1v) is 5.03. The summed E-state index contributed by atoms with van der Waals surface area (Å²) in [5.41, 5.74) is 0.812. The van der Waals surface area contributed by atoms with Crippen LogP contribution in [0.1, 0.15) is 11.7 Å². The second-order valence-electron chi connectivity index (χ2n) is 3.03. The molecule has 4 nitrogen and oxygen atoms in total. The van der Waals surface area contributed by atoms with Gasteiger partial charge in [-0.15, -0.1) is 0 Å². The van der Waals surface area contributed by atoms with E-state index in [-0.39, 0.29) is 18.6 Å². The van der Waals surface area contributed by atoms with Crippen LogP contribution in [-0.2, 0) is 9.53 Å². The molecule has 0 radical (unpaired) electrons. The zero-order valence-corrected chi connectivity index (χ0v) is 8.95. The SMILES string of the molecule is O=C1COCC(c2cc(Br)ccn2)N1. The summed E-state index contributed by atoms with van der Waals surface area (Å²) in [5.74, 6) is -0.0944. The average Bonchev–Trinajstić information content (AvgIpc) is 2.18. The molecular weight excluding hydrogens is 248 g/mol. The lowest BCUT2D eigenvalue weighted by Crippen LogP contribution is -2.40. The second-order valence-corrected chi connectivity index (χ2v) is 3.95. The largest absolute Gasteiger partial charge is 0.369 e. The average molecular weight is 257 g/mol. The number of morpholine rings is 1. The number of halogens is 1. The summed E-state index contributed by atoms with van der Waals surface area (Å²) in [6, 6.07) is 3.59. The zero-order chi connectivity index (χ0) is 9.97. The van der Waals surface area contributed by atoms with Gasteiger partial charge in [0, 0.05) is 10.7 Å². The first kappa shape index (κ1) is 9.61. The fourth-order valence-electron chi connectivity index (χ4n) is 1.32. The Morgan fingerprint density at radius 3 is 3.21 bits per heavy atom. The number of pyridine rings is 1. The molecule has 1 aromatic rings. The van der Waals surface area contributed by atoms with Crippen molar-refractivity contribution >= 4 is 21.8 Å². The number of nitrogens with one attached hydrogen (secondary N) is 1. The van der Waals surface area contributed by atoms with Crippen molar-refractivity contribution in [3.63, 3.8) is 0 Å². The fourth-order valence-corrected chi connectivity index (χ4v) is 1.67. The Morgan fingerprint density at radius 2 is 2.50 bits per heavy atom. The molecule has 0 bridgehead atoms. The highest BCUT2D eigenvalue weighted by Crippen LogP contribution is 2.17. The van der Waals surface area contributed by atoms with Gasteiger partial charge in [-0.05, 0) is 12.1 Å². The van der Waals surface area contributed by atoms with Crippen LogP contribution in [-0.4, -0.2) is 24.1 Å². The molecule has 1 atom stereocenters. The molecule has 2 rings (SSSR count). The topological polar surface area (TPSA) is 51.2 Å². The molecule has 0 aromatic carbocycles. The molecule has 14 heavy (non-hydrogen) atoms. The highest BCUT2D eigenvalue weighted by Gasteiger charge is 2.21. The van der Waals surface area contributed by atoms with Crippen LogP contribution >= 0.6 is 15.9 Å². The minimum absolute atomic E-state index is 0.0944. The third kappa shape index (κ3) is 2.10. The van der Waals surface area contributed by atoms with Crippen LogP contribution in [0.5, 0.6) is 0 Å². The first-order valence-electron chi connectivity index (χ1n) is 4.24. The molecule has 1 aliphatic rings. The Hall–Kier alpha value is -0.940. The third-order valence-corrected chi connectivity index (χ3v) is 2.45. The van der Waals surface area contributed by atoms with E-state index < -0.39 is 0 Å². The number of hydrogen-bond acceptors (Lipinski definition) is 3. The second kappa shape index (κ2) is 4.06.